The molecule has 1 aromatic carbocycles. The molecule has 0 radical (unpaired) electrons. The van der Waals surface area contributed by atoms with Gasteiger partial charge in [-0.1, -0.05) is 25.7 Å². The Hall–Kier alpha value is -1.89. The molecule has 4 aliphatic rings. The molecule has 0 heterocycles. The number of nitrogens with one attached hydrogen (secondary N) is 1. The summed E-state index contributed by atoms with van der Waals surface area (Å²) in [4.78, 5) is 29.3. The summed E-state index contributed by atoms with van der Waals surface area (Å²) >= 11 is 2.11. The highest BCUT2D eigenvalue weighted by atomic mass is 127. The molecule has 0 saturated heterocycles. The van der Waals surface area contributed by atoms with Crippen LogP contribution < -0.4 is 14.8 Å². The highest BCUT2D eigenvalue weighted by Crippen LogP contribution is 2.50. The fourth-order valence-corrected chi connectivity index (χ4v) is 8.73. The van der Waals surface area contributed by atoms with Crippen LogP contribution in [0.1, 0.15) is 76.2 Å². The number of aliphatic hydroxyl groups excluding tert-OH is 3. The van der Waals surface area contributed by atoms with Gasteiger partial charge >= 0.3 is 0 Å². The molecule has 4 N–H and O–H groups in total. The number of benzene rings is 1. The third-order valence-corrected chi connectivity index (χ3v) is 11.0. The lowest BCUT2D eigenvalue weighted by atomic mass is 9.83. The lowest BCUT2D eigenvalue weighted by Crippen LogP contribution is -2.56. The Balaban J connectivity index is 1.45. The number of hydrogen-bond donors (Lipinski definition) is 4. The molecule has 4 aliphatic carbocycles. The third-order valence-electron chi connectivity index (χ3n) is 10.2. The standard InChI is InChI=1S/C33H47IN2O7/c1-42-29-14-22(19-38)13-26(34)32(29)43-28-16-25(33(41)35-9-10-37)15-27(31(28)40)36(18-20-5-3-2-4-6-20)30(39)17-24-12-21-7-8-23(24)11-21/h13-14,16,20-21,23-24,27-28,31,37-38,40H,2-12,15,17-19H2,1H3,(H,35,41). The van der Waals surface area contributed by atoms with E-state index in [-0.39, 0.29) is 38.0 Å². The van der Waals surface area contributed by atoms with Crippen LogP contribution in [0.3, 0.4) is 0 Å². The smallest absolute Gasteiger partial charge is 0.247 e. The molecule has 0 spiro atoms. The molecule has 43 heavy (non-hydrogen) atoms. The monoisotopic (exact) mass is 710 g/mol. The maximum Gasteiger partial charge on any atom is 0.247 e. The van der Waals surface area contributed by atoms with Crippen LogP contribution in [0.15, 0.2) is 23.8 Å². The van der Waals surface area contributed by atoms with Crippen LogP contribution in [0.5, 0.6) is 11.5 Å². The molecular weight excluding hydrogens is 663 g/mol. The van der Waals surface area contributed by atoms with Gasteiger partial charge in [-0.15, -0.1) is 0 Å². The van der Waals surface area contributed by atoms with Crippen LogP contribution in [0, 0.1) is 27.2 Å². The summed E-state index contributed by atoms with van der Waals surface area (Å²) in [5.41, 5.74) is 1.09. The average molecular weight is 711 g/mol. The first kappa shape index (κ1) is 32.5. The van der Waals surface area contributed by atoms with Gasteiger partial charge in [-0.25, -0.2) is 0 Å². The van der Waals surface area contributed by atoms with Crippen molar-refractivity contribution < 1.29 is 34.4 Å². The van der Waals surface area contributed by atoms with Crippen LogP contribution in [0.2, 0.25) is 0 Å². The van der Waals surface area contributed by atoms with E-state index in [1.165, 1.54) is 32.8 Å². The molecule has 6 atom stereocenters. The molecule has 10 heteroatoms. The molecule has 9 nitrogen and oxygen atoms in total. The van der Waals surface area contributed by atoms with Crippen LogP contribution in [0.4, 0.5) is 0 Å². The summed E-state index contributed by atoms with van der Waals surface area (Å²) in [6, 6.07) is 2.85. The summed E-state index contributed by atoms with van der Waals surface area (Å²) in [5, 5.41) is 33.7. The van der Waals surface area contributed by atoms with Crippen molar-refractivity contribution in [1.82, 2.24) is 10.2 Å². The number of methoxy groups -OCH3 is 1. The van der Waals surface area contributed by atoms with Gasteiger partial charge in [-0.05, 0) is 102 Å². The van der Waals surface area contributed by atoms with E-state index in [1.807, 2.05) is 4.90 Å². The second-order valence-electron chi connectivity index (χ2n) is 13.0. The molecule has 3 fully saturated rings. The zero-order chi connectivity index (χ0) is 30.5. The summed E-state index contributed by atoms with van der Waals surface area (Å²) in [6.07, 6.45) is 10.8. The summed E-state index contributed by atoms with van der Waals surface area (Å²) in [7, 11) is 1.52. The van der Waals surface area contributed by atoms with Gasteiger partial charge in [0.05, 0.1) is 29.9 Å². The summed E-state index contributed by atoms with van der Waals surface area (Å²) in [5.74, 6) is 2.68. The Morgan fingerprint density at radius 2 is 1.88 bits per heavy atom. The quantitative estimate of drug-likeness (QED) is 0.242. The first-order chi connectivity index (χ1) is 20.8. The highest BCUT2D eigenvalue weighted by molar-refractivity contribution is 14.1. The highest BCUT2D eigenvalue weighted by Gasteiger charge is 2.44. The normalized spacial score (nSPS) is 28.8. The zero-order valence-electron chi connectivity index (χ0n) is 25.2. The number of hydrogen-bond acceptors (Lipinski definition) is 7. The SMILES string of the molecule is COc1cc(CO)cc(I)c1OC1C=C(C(=O)NCCO)CC(N(CC2CCCCC2)C(=O)CC2CC3CCC2C3)C1O. The Bertz CT molecular complexity index is 1170. The van der Waals surface area contributed by atoms with Gasteiger partial charge in [0.2, 0.25) is 11.8 Å². The zero-order valence-corrected chi connectivity index (χ0v) is 27.3. The summed E-state index contributed by atoms with van der Waals surface area (Å²) in [6.45, 7) is 0.341. The van der Waals surface area contributed by atoms with Crippen molar-refractivity contribution in [2.45, 2.75) is 95.5 Å². The third kappa shape index (κ3) is 7.68. The minimum Gasteiger partial charge on any atom is -0.493 e. The maximum atomic E-state index is 14.2. The van der Waals surface area contributed by atoms with Crippen molar-refractivity contribution in [2.24, 2.45) is 23.7 Å². The predicted molar refractivity (Wildman–Crippen MR) is 170 cm³/mol. The molecule has 3 saturated carbocycles. The van der Waals surface area contributed by atoms with Crippen molar-refractivity contribution >= 4 is 34.4 Å². The fourth-order valence-electron chi connectivity index (χ4n) is 7.93. The molecule has 5 rings (SSSR count). The number of fused-ring (bicyclic) bond motifs is 2. The second kappa shape index (κ2) is 14.9. The predicted octanol–water partition coefficient (Wildman–Crippen LogP) is 3.94. The van der Waals surface area contributed by atoms with Crippen molar-refractivity contribution in [1.29, 1.82) is 0 Å². The van der Waals surface area contributed by atoms with E-state index in [4.69, 9.17) is 9.47 Å². The molecule has 0 aliphatic heterocycles. The number of carbonyl (C=O) groups is 2. The van der Waals surface area contributed by atoms with E-state index >= 15 is 0 Å². The van der Waals surface area contributed by atoms with Crippen molar-refractivity contribution in [3.8, 4) is 11.5 Å². The van der Waals surface area contributed by atoms with Gasteiger partial charge in [-0.3, -0.25) is 9.59 Å². The van der Waals surface area contributed by atoms with Gasteiger partial charge in [0.15, 0.2) is 11.5 Å². The van der Waals surface area contributed by atoms with E-state index in [0.717, 1.165) is 38.0 Å². The van der Waals surface area contributed by atoms with Gasteiger partial charge in [0.1, 0.15) is 12.2 Å². The number of carbonyl (C=O) groups excluding carboxylic acids is 2. The lowest BCUT2D eigenvalue weighted by Gasteiger charge is -2.43. The summed E-state index contributed by atoms with van der Waals surface area (Å²) < 4.78 is 12.7. The van der Waals surface area contributed by atoms with Gasteiger partial charge in [-0.2, -0.15) is 0 Å². The van der Waals surface area contributed by atoms with Crippen LogP contribution in [0.25, 0.3) is 0 Å². The number of halogens is 1. The molecule has 0 aromatic heterocycles. The van der Waals surface area contributed by atoms with E-state index in [9.17, 15) is 24.9 Å². The van der Waals surface area contributed by atoms with Crippen molar-refractivity contribution in [2.75, 3.05) is 26.8 Å². The maximum absolute atomic E-state index is 14.2. The molecule has 2 amide bonds. The Morgan fingerprint density at radius 3 is 2.53 bits per heavy atom. The van der Waals surface area contributed by atoms with E-state index in [0.29, 0.717) is 56.9 Å². The van der Waals surface area contributed by atoms with Crippen LogP contribution >= 0.6 is 22.6 Å². The molecule has 238 valence electrons. The van der Waals surface area contributed by atoms with E-state index in [2.05, 4.69) is 27.9 Å². The second-order valence-corrected chi connectivity index (χ2v) is 14.1. The number of ether oxygens (including phenoxy) is 2. The lowest BCUT2D eigenvalue weighted by molar-refractivity contribution is -0.141. The number of amides is 2. The minimum atomic E-state index is -1.07. The molecule has 2 bridgehead atoms. The van der Waals surface area contributed by atoms with Crippen molar-refractivity contribution in [3.63, 3.8) is 0 Å². The number of aliphatic hydroxyl groups is 3. The van der Waals surface area contributed by atoms with Crippen molar-refractivity contribution in [3.05, 3.63) is 32.9 Å². The first-order valence-corrected chi connectivity index (χ1v) is 17.1. The first-order valence-electron chi connectivity index (χ1n) is 16.0. The van der Waals surface area contributed by atoms with Gasteiger partial charge in [0.25, 0.3) is 0 Å². The van der Waals surface area contributed by atoms with Gasteiger partial charge < -0.3 is 35.0 Å². The van der Waals surface area contributed by atoms with E-state index in [1.54, 1.807) is 18.2 Å². The topological polar surface area (TPSA) is 129 Å². The number of rotatable bonds is 12. The average Bonchev–Trinajstić information content (AvgIpc) is 3.64. The fraction of sp³-hybridized carbons (Fsp3) is 0.697. The van der Waals surface area contributed by atoms with E-state index < -0.39 is 18.2 Å². The minimum absolute atomic E-state index is 0.0717. The molecular formula is C33H47IN2O7. The Labute approximate surface area is 268 Å². The number of nitrogens with zero attached hydrogens (tertiary/aromatic N) is 1. The van der Waals surface area contributed by atoms with Gasteiger partial charge in [0, 0.05) is 31.5 Å². The molecule has 6 unspecified atom stereocenters. The largest absolute Gasteiger partial charge is 0.493 e. The van der Waals surface area contributed by atoms with Crippen LogP contribution in [-0.2, 0) is 16.2 Å². The Morgan fingerprint density at radius 1 is 1.09 bits per heavy atom. The Kier molecular flexibility index (Phi) is 11.3. The molecule has 1 aromatic rings. The van der Waals surface area contributed by atoms with Crippen LogP contribution in [-0.4, -0.2) is 77.1 Å².